The van der Waals surface area contributed by atoms with Gasteiger partial charge in [-0.3, -0.25) is 14.0 Å². The molecular formula is C19H16Cl2N2O4S. The summed E-state index contributed by atoms with van der Waals surface area (Å²) in [5, 5.41) is 4.84. The number of halogens is 2. The number of hydrogen-bond donors (Lipinski definition) is 1. The molecule has 1 aromatic heterocycles. The molecule has 0 fully saturated rings. The first-order chi connectivity index (χ1) is 13.0. The highest BCUT2D eigenvalue weighted by Gasteiger charge is 2.28. The van der Waals surface area contributed by atoms with Gasteiger partial charge in [0.15, 0.2) is 5.78 Å². The lowest BCUT2D eigenvalue weighted by atomic mass is 9.97. The fraction of sp³-hybridized carbons (Fsp3) is 0.158. The van der Waals surface area contributed by atoms with Crippen LogP contribution in [0.2, 0.25) is 10.0 Å². The van der Waals surface area contributed by atoms with Crippen LogP contribution in [-0.2, 0) is 17.2 Å². The standard InChI is InChI=1S/C19H16Cl2N2O4S/c1-10-4-7-16(28(25,26)27)14(8-10)18-17(11(2)22-23(18)3)19(24)13-6-5-12(20)9-15(13)21/h4-9H,1-3H3,(H,25,26,27). The molecule has 1 N–H and O–H groups in total. The first kappa shape index (κ1) is 20.5. The van der Waals surface area contributed by atoms with E-state index >= 15 is 0 Å². The van der Waals surface area contributed by atoms with Gasteiger partial charge < -0.3 is 0 Å². The maximum Gasteiger partial charge on any atom is 0.295 e. The molecule has 0 saturated heterocycles. The summed E-state index contributed by atoms with van der Waals surface area (Å²) in [4.78, 5) is 13.0. The van der Waals surface area contributed by atoms with Crippen molar-refractivity contribution in [3.8, 4) is 11.3 Å². The Morgan fingerprint density at radius 1 is 1.11 bits per heavy atom. The number of aromatic nitrogens is 2. The highest BCUT2D eigenvalue weighted by atomic mass is 35.5. The summed E-state index contributed by atoms with van der Waals surface area (Å²) in [6, 6.07) is 8.95. The lowest BCUT2D eigenvalue weighted by molar-refractivity contribution is 0.103. The summed E-state index contributed by atoms with van der Waals surface area (Å²) >= 11 is 12.1. The zero-order valence-corrected chi connectivity index (χ0v) is 17.5. The van der Waals surface area contributed by atoms with Crippen LogP contribution in [-0.4, -0.2) is 28.5 Å². The predicted molar refractivity (Wildman–Crippen MR) is 108 cm³/mol. The minimum Gasteiger partial charge on any atom is -0.288 e. The second-order valence-electron chi connectivity index (χ2n) is 6.36. The van der Waals surface area contributed by atoms with Gasteiger partial charge in [0.2, 0.25) is 0 Å². The molecule has 1 heterocycles. The van der Waals surface area contributed by atoms with Crippen molar-refractivity contribution in [1.29, 1.82) is 0 Å². The van der Waals surface area contributed by atoms with Crippen molar-refractivity contribution in [1.82, 2.24) is 9.78 Å². The number of carbonyl (C=O) groups is 1. The average molecular weight is 439 g/mol. The summed E-state index contributed by atoms with van der Waals surface area (Å²) in [6.07, 6.45) is 0. The summed E-state index contributed by atoms with van der Waals surface area (Å²) < 4.78 is 34.9. The molecule has 2 aromatic carbocycles. The Kier molecular flexibility index (Phi) is 5.38. The summed E-state index contributed by atoms with van der Waals surface area (Å²) in [7, 11) is -2.93. The molecule has 6 nitrogen and oxygen atoms in total. The molecule has 3 rings (SSSR count). The van der Waals surface area contributed by atoms with Crippen LogP contribution in [0, 0.1) is 13.8 Å². The fourth-order valence-corrected chi connectivity index (χ4v) is 4.27. The molecule has 146 valence electrons. The Labute approximate surface area is 172 Å². The number of benzene rings is 2. The van der Waals surface area contributed by atoms with Gasteiger partial charge in [0.25, 0.3) is 10.1 Å². The van der Waals surface area contributed by atoms with Gasteiger partial charge in [-0.2, -0.15) is 13.5 Å². The van der Waals surface area contributed by atoms with Crippen LogP contribution < -0.4 is 0 Å². The molecule has 0 radical (unpaired) electrons. The lowest BCUT2D eigenvalue weighted by Crippen LogP contribution is -2.08. The number of rotatable bonds is 4. The van der Waals surface area contributed by atoms with E-state index in [2.05, 4.69) is 5.10 Å². The number of aryl methyl sites for hydroxylation is 3. The fourth-order valence-electron chi connectivity index (χ4n) is 3.10. The quantitative estimate of drug-likeness (QED) is 0.478. The Morgan fingerprint density at radius 3 is 2.39 bits per heavy atom. The zero-order valence-electron chi connectivity index (χ0n) is 15.2. The Hall–Kier alpha value is -2.19. The molecule has 28 heavy (non-hydrogen) atoms. The first-order valence-corrected chi connectivity index (χ1v) is 10.3. The van der Waals surface area contributed by atoms with Crippen LogP contribution in [0.25, 0.3) is 11.3 Å². The van der Waals surface area contributed by atoms with E-state index in [0.717, 1.165) is 5.56 Å². The van der Waals surface area contributed by atoms with Gasteiger partial charge in [-0.05, 0) is 44.2 Å². The molecule has 0 spiro atoms. The number of hydrogen-bond acceptors (Lipinski definition) is 4. The molecule has 0 bridgehead atoms. The highest BCUT2D eigenvalue weighted by Crippen LogP contribution is 2.34. The van der Waals surface area contributed by atoms with Crippen LogP contribution in [0.5, 0.6) is 0 Å². The topological polar surface area (TPSA) is 89.3 Å². The Balaban J connectivity index is 2.32. The molecule has 9 heteroatoms. The van der Waals surface area contributed by atoms with E-state index in [0.29, 0.717) is 10.7 Å². The summed E-state index contributed by atoms with van der Waals surface area (Å²) in [5.74, 6) is -0.426. The van der Waals surface area contributed by atoms with Gasteiger partial charge in [0.05, 0.1) is 22.0 Å². The smallest absolute Gasteiger partial charge is 0.288 e. The second-order valence-corrected chi connectivity index (χ2v) is 8.59. The van der Waals surface area contributed by atoms with Crippen LogP contribution in [0.15, 0.2) is 41.3 Å². The van der Waals surface area contributed by atoms with Crippen LogP contribution >= 0.6 is 23.2 Å². The van der Waals surface area contributed by atoms with Gasteiger partial charge in [0.1, 0.15) is 4.90 Å². The van der Waals surface area contributed by atoms with E-state index < -0.39 is 15.9 Å². The van der Waals surface area contributed by atoms with E-state index in [-0.39, 0.29) is 32.3 Å². The minimum absolute atomic E-state index is 0.172. The van der Waals surface area contributed by atoms with Crippen LogP contribution in [0.4, 0.5) is 0 Å². The van der Waals surface area contributed by atoms with E-state index in [1.54, 1.807) is 39.1 Å². The molecule has 0 saturated carbocycles. The number of ketones is 1. The Morgan fingerprint density at radius 2 is 1.79 bits per heavy atom. The molecular weight excluding hydrogens is 423 g/mol. The summed E-state index contributed by atoms with van der Waals surface area (Å²) in [6.45, 7) is 3.42. The highest BCUT2D eigenvalue weighted by molar-refractivity contribution is 7.86. The van der Waals surface area contributed by atoms with E-state index in [9.17, 15) is 17.8 Å². The Bertz CT molecular complexity index is 1220. The van der Waals surface area contributed by atoms with Crippen molar-refractivity contribution in [3.63, 3.8) is 0 Å². The third-order valence-electron chi connectivity index (χ3n) is 4.29. The van der Waals surface area contributed by atoms with Gasteiger partial charge in [0, 0.05) is 23.2 Å². The maximum absolute atomic E-state index is 13.3. The average Bonchev–Trinajstić information content (AvgIpc) is 2.87. The van der Waals surface area contributed by atoms with Gasteiger partial charge in [-0.15, -0.1) is 0 Å². The van der Waals surface area contributed by atoms with Gasteiger partial charge in [-0.25, -0.2) is 0 Å². The minimum atomic E-state index is -4.52. The van der Waals surface area contributed by atoms with Crippen molar-refractivity contribution in [2.75, 3.05) is 0 Å². The van der Waals surface area contributed by atoms with E-state index in [4.69, 9.17) is 23.2 Å². The van der Waals surface area contributed by atoms with Gasteiger partial charge >= 0.3 is 0 Å². The third kappa shape index (κ3) is 3.71. The third-order valence-corrected chi connectivity index (χ3v) is 5.75. The lowest BCUT2D eigenvalue weighted by Gasteiger charge is -2.12. The second kappa shape index (κ2) is 7.33. The molecule has 0 amide bonds. The number of nitrogens with zero attached hydrogens (tertiary/aromatic N) is 2. The zero-order chi connectivity index (χ0) is 20.8. The first-order valence-electron chi connectivity index (χ1n) is 8.12. The van der Waals surface area contributed by atoms with Crippen molar-refractivity contribution in [3.05, 3.63) is 68.8 Å². The van der Waals surface area contributed by atoms with E-state index in [1.165, 1.54) is 22.9 Å². The maximum atomic E-state index is 13.3. The molecule has 0 unspecified atom stereocenters. The molecule has 0 atom stereocenters. The monoisotopic (exact) mass is 438 g/mol. The number of carbonyl (C=O) groups excluding carboxylic acids is 1. The molecule has 0 aliphatic carbocycles. The van der Waals surface area contributed by atoms with Gasteiger partial charge in [-0.1, -0.05) is 34.8 Å². The largest absolute Gasteiger partial charge is 0.295 e. The normalized spacial score (nSPS) is 11.6. The molecule has 0 aliphatic rings. The van der Waals surface area contributed by atoms with Crippen molar-refractivity contribution in [2.24, 2.45) is 7.05 Å². The van der Waals surface area contributed by atoms with Crippen molar-refractivity contribution in [2.45, 2.75) is 18.7 Å². The van der Waals surface area contributed by atoms with Crippen LogP contribution in [0.1, 0.15) is 27.2 Å². The van der Waals surface area contributed by atoms with Crippen molar-refractivity contribution < 1.29 is 17.8 Å². The summed E-state index contributed by atoms with van der Waals surface area (Å²) in [5.41, 5.74) is 2.01. The van der Waals surface area contributed by atoms with Crippen LogP contribution in [0.3, 0.4) is 0 Å². The van der Waals surface area contributed by atoms with E-state index in [1.807, 2.05) is 0 Å². The van der Waals surface area contributed by atoms with Crippen molar-refractivity contribution >= 4 is 39.1 Å². The predicted octanol–water partition coefficient (Wildman–Crippen LogP) is 4.49. The molecule has 0 aliphatic heterocycles. The molecule has 3 aromatic rings. The SMILES string of the molecule is Cc1ccc(S(=O)(=O)O)c(-c2c(C(=O)c3ccc(Cl)cc3Cl)c(C)nn2C)c1.